The molecule has 0 atom stereocenters. The molecule has 1 aromatic carbocycles. The van der Waals surface area contributed by atoms with Crippen molar-refractivity contribution in [3.63, 3.8) is 0 Å². The van der Waals surface area contributed by atoms with Crippen molar-refractivity contribution < 1.29 is 14.3 Å². The first-order chi connectivity index (χ1) is 15.1. The average Bonchev–Trinajstić information content (AvgIpc) is 2.73. The SMILES string of the molecule is CC(C)(C)OC(=O)NC1CCC(CCN2CCC(C(=O)c3cc(Cl)ccc3Cl)CC2)CC1. The molecule has 1 heterocycles. The molecule has 1 saturated carbocycles. The molecule has 1 N–H and O–H groups in total. The summed E-state index contributed by atoms with van der Waals surface area (Å²) < 4.78 is 5.37. The zero-order valence-corrected chi connectivity index (χ0v) is 21.0. The van der Waals surface area contributed by atoms with Crippen molar-refractivity contribution in [1.82, 2.24) is 10.2 Å². The van der Waals surface area contributed by atoms with Crippen LogP contribution in [-0.4, -0.2) is 48.1 Å². The van der Waals surface area contributed by atoms with E-state index in [1.165, 1.54) is 6.42 Å². The summed E-state index contributed by atoms with van der Waals surface area (Å²) in [6.07, 6.45) is 6.92. The third kappa shape index (κ3) is 7.64. The second-order valence-electron chi connectivity index (χ2n) is 10.3. The number of likely N-dealkylation sites (tertiary alicyclic amines) is 1. The number of amides is 1. The summed E-state index contributed by atoms with van der Waals surface area (Å²) in [6.45, 7) is 8.62. The van der Waals surface area contributed by atoms with E-state index in [4.69, 9.17) is 27.9 Å². The maximum absolute atomic E-state index is 12.9. The Balaban J connectivity index is 1.35. The van der Waals surface area contributed by atoms with Gasteiger partial charge in [-0.15, -0.1) is 0 Å². The van der Waals surface area contributed by atoms with Gasteiger partial charge in [0.05, 0.1) is 5.02 Å². The van der Waals surface area contributed by atoms with E-state index in [9.17, 15) is 9.59 Å². The van der Waals surface area contributed by atoms with Crippen molar-refractivity contribution in [2.75, 3.05) is 19.6 Å². The minimum Gasteiger partial charge on any atom is -0.444 e. The van der Waals surface area contributed by atoms with Crippen LogP contribution in [0.4, 0.5) is 4.79 Å². The highest BCUT2D eigenvalue weighted by Gasteiger charge is 2.29. The molecule has 0 bridgehead atoms. The number of hydrogen-bond acceptors (Lipinski definition) is 4. The fourth-order valence-electron chi connectivity index (χ4n) is 4.76. The fraction of sp³-hybridized carbons (Fsp3) is 0.680. The van der Waals surface area contributed by atoms with Gasteiger partial charge in [0.1, 0.15) is 5.60 Å². The summed E-state index contributed by atoms with van der Waals surface area (Å²) in [6, 6.07) is 5.32. The fourth-order valence-corrected chi connectivity index (χ4v) is 5.14. The third-order valence-corrected chi connectivity index (χ3v) is 7.14. The Labute approximate surface area is 202 Å². The molecule has 32 heavy (non-hydrogen) atoms. The molecule has 3 rings (SSSR count). The molecule has 1 saturated heterocycles. The van der Waals surface area contributed by atoms with Gasteiger partial charge >= 0.3 is 6.09 Å². The second kappa shape index (κ2) is 11.2. The Morgan fingerprint density at radius 1 is 1.06 bits per heavy atom. The molecule has 5 nitrogen and oxygen atoms in total. The van der Waals surface area contributed by atoms with Crippen LogP contribution in [-0.2, 0) is 4.74 Å². The van der Waals surface area contributed by atoms with Crippen LogP contribution in [0.2, 0.25) is 10.0 Å². The van der Waals surface area contributed by atoms with Crippen molar-refractivity contribution in [3.05, 3.63) is 33.8 Å². The van der Waals surface area contributed by atoms with Gasteiger partial charge in [-0.05, 0) is 109 Å². The molecule has 2 fully saturated rings. The summed E-state index contributed by atoms with van der Waals surface area (Å²) in [7, 11) is 0. The first-order valence-electron chi connectivity index (χ1n) is 11.8. The van der Waals surface area contributed by atoms with E-state index in [1.807, 2.05) is 20.8 Å². The number of piperidine rings is 1. The largest absolute Gasteiger partial charge is 0.444 e. The number of carbonyl (C=O) groups excluding carboxylic acids is 2. The van der Waals surface area contributed by atoms with E-state index in [1.54, 1.807) is 18.2 Å². The number of rotatable bonds is 6. The molecule has 7 heteroatoms. The predicted molar refractivity (Wildman–Crippen MR) is 130 cm³/mol. The average molecular weight is 483 g/mol. The number of nitrogens with one attached hydrogen (secondary N) is 1. The topological polar surface area (TPSA) is 58.6 Å². The molecular formula is C25H36Cl2N2O3. The first-order valence-corrected chi connectivity index (χ1v) is 12.6. The summed E-state index contributed by atoms with van der Waals surface area (Å²) >= 11 is 12.3. The smallest absolute Gasteiger partial charge is 0.407 e. The summed E-state index contributed by atoms with van der Waals surface area (Å²) in [5.74, 6) is 0.848. The molecule has 1 aliphatic carbocycles. The lowest BCUT2D eigenvalue weighted by molar-refractivity contribution is 0.0485. The molecule has 0 spiro atoms. The summed E-state index contributed by atoms with van der Waals surface area (Å²) in [5, 5.41) is 4.05. The molecule has 1 aromatic rings. The van der Waals surface area contributed by atoms with Gasteiger partial charge in [0.15, 0.2) is 5.78 Å². The highest BCUT2D eigenvalue weighted by Crippen LogP contribution is 2.30. The van der Waals surface area contributed by atoms with E-state index in [2.05, 4.69) is 10.2 Å². The van der Waals surface area contributed by atoms with Crippen LogP contribution < -0.4 is 5.32 Å². The van der Waals surface area contributed by atoms with Gasteiger partial charge in [0, 0.05) is 22.5 Å². The quantitative estimate of drug-likeness (QED) is 0.479. The van der Waals surface area contributed by atoms with Crippen molar-refractivity contribution in [3.8, 4) is 0 Å². The van der Waals surface area contributed by atoms with Crippen molar-refractivity contribution >= 4 is 35.1 Å². The van der Waals surface area contributed by atoms with Crippen molar-refractivity contribution in [2.45, 2.75) is 77.4 Å². The Bertz CT molecular complexity index is 793. The van der Waals surface area contributed by atoms with Gasteiger partial charge in [-0.3, -0.25) is 4.79 Å². The van der Waals surface area contributed by atoms with Crippen LogP contribution in [0, 0.1) is 11.8 Å². The molecule has 0 unspecified atom stereocenters. The van der Waals surface area contributed by atoms with Gasteiger partial charge in [0.2, 0.25) is 0 Å². The summed E-state index contributed by atoms with van der Waals surface area (Å²) in [5.41, 5.74) is 0.0918. The second-order valence-corrected chi connectivity index (χ2v) is 11.1. The number of Topliss-reactive ketones (excluding diaryl/α,β-unsaturated/α-hetero) is 1. The lowest BCUT2D eigenvalue weighted by atomic mass is 9.83. The van der Waals surface area contributed by atoms with Gasteiger partial charge in [0.25, 0.3) is 0 Å². The van der Waals surface area contributed by atoms with Crippen molar-refractivity contribution in [2.24, 2.45) is 11.8 Å². The van der Waals surface area contributed by atoms with Gasteiger partial charge in [-0.2, -0.15) is 0 Å². The maximum Gasteiger partial charge on any atom is 0.407 e. The van der Waals surface area contributed by atoms with E-state index < -0.39 is 5.60 Å². The van der Waals surface area contributed by atoms with Gasteiger partial charge in [-0.25, -0.2) is 4.79 Å². The Kier molecular flexibility index (Phi) is 8.88. The zero-order valence-electron chi connectivity index (χ0n) is 19.5. The van der Waals surface area contributed by atoms with Crippen LogP contribution in [0.3, 0.4) is 0 Å². The molecule has 178 valence electrons. The van der Waals surface area contributed by atoms with Crippen molar-refractivity contribution in [1.29, 1.82) is 0 Å². The normalized spacial score (nSPS) is 23.0. The highest BCUT2D eigenvalue weighted by molar-refractivity contribution is 6.36. The van der Waals surface area contributed by atoms with E-state index in [0.29, 0.717) is 21.5 Å². The van der Waals surface area contributed by atoms with Crippen LogP contribution >= 0.6 is 23.2 Å². The number of halogens is 2. The van der Waals surface area contributed by atoms with Crippen LogP contribution in [0.15, 0.2) is 18.2 Å². The molecule has 2 aliphatic rings. The maximum atomic E-state index is 12.9. The summed E-state index contributed by atoms with van der Waals surface area (Å²) in [4.78, 5) is 27.3. The predicted octanol–water partition coefficient (Wildman–Crippen LogP) is 6.36. The van der Waals surface area contributed by atoms with E-state index in [-0.39, 0.29) is 23.8 Å². The number of hydrogen-bond donors (Lipinski definition) is 1. The van der Waals surface area contributed by atoms with Crippen LogP contribution in [0.25, 0.3) is 0 Å². The number of ketones is 1. The standard InChI is InChI=1S/C25H36Cl2N2O3/c1-25(2,3)32-24(31)28-20-7-4-17(5-8-20)10-13-29-14-11-18(12-15-29)23(30)21-16-19(26)6-9-22(21)27/h6,9,16-18,20H,4-5,7-8,10-15H2,1-3H3,(H,28,31). The van der Waals surface area contributed by atoms with E-state index in [0.717, 1.165) is 58.2 Å². The monoisotopic (exact) mass is 482 g/mol. The molecule has 0 aromatic heterocycles. The van der Waals surface area contributed by atoms with Crippen LogP contribution in [0.1, 0.15) is 76.1 Å². The van der Waals surface area contributed by atoms with Crippen LogP contribution in [0.5, 0.6) is 0 Å². The minimum atomic E-state index is -0.459. The third-order valence-electron chi connectivity index (χ3n) is 6.57. The number of ether oxygens (including phenoxy) is 1. The van der Waals surface area contributed by atoms with Gasteiger partial charge in [-0.1, -0.05) is 23.2 Å². The number of benzene rings is 1. The molecular weight excluding hydrogens is 447 g/mol. The Hall–Kier alpha value is -1.30. The zero-order chi connectivity index (χ0) is 23.3. The molecule has 0 radical (unpaired) electrons. The number of carbonyl (C=O) groups is 2. The Morgan fingerprint density at radius 3 is 2.34 bits per heavy atom. The van der Waals surface area contributed by atoms with Gasteiger partial charge < -0.3 is 15.0 Å². The number of nitrogens with zero attached hydrogens (tertiary/aromatic N) is 1. The highest BCUT2D eigenvalue weighted by atomic mass is 35.5. The lowest BCUT2D eigenvalue weighted by Crippen LogP contribution is -2.41. The van der Waals surface area contributed by atoms with E-state index >= 15 is 0 Å². The first kappa shape index (κ1) is 25.3. The Morgan fingerprint density at radius 2 is 1.72 bits per heavy atom. The molecule has 1 amide bonds. The lowest BCUT2D eigenvalue weighted by Gasteiger charge is -2.34. The number of alkyl carbamates (subject to hydrolysis) is 1. The molecule has 1 aliphatic heterocycles. The minimum absolute atomic E-state index is 0.0246.